The van der Waals surface area contributed by atoms with Crippen molar-refractivity contribution in [2.75, 3.05) is 7.05 Å². The number of aryl methyl sites for hydroxylation is 2. The smallest absolute Gasteiger partial charge is 0.274 e. The van der Waals surface area contributed by atoms with E-state index in [1.165, 1.54) is 21.6 Å². The summed E-state index contributed by atoms with van der Waals surface area (Å²) in [5.74, 6) is 1.26. The van der Waals surface area contributed by atoms with Gasteiger partial charge in [0.2, 0.25) is 5.89 Å². The van der Waals surface area contributed by atoms with Gasteiger partial charge in [-0.05, 0) is 32.9 Å². The van der Waals surface area contributed by atoms with Crippen LogP contribution in [-0.2, 0) is 6.54 Å². The van der Waals surface area contributed by atoms with Gasteiger partial charge in [0, 0.05) is 11.1 Å². The number of aromatic nitrogens is 2. The van der Waals surface area contributed by atoms with E-state index in [2.05, 4.69) is 74.4 Å². The van der Waals surface area contributed by atoms with Gasteiger partial charge in [0.15, 0.2) is 6.04 Å². The van der Waals surface area contributed by atoms with Gasteiger partial charge in [-0.15, -0.1) is 10.2 Å². The molecule has 0 aliphatic rings. The van der Waals surface area contributed by atoms with Crippen molar-refractivity contribution in [3.63, 3.8) is 0 Å². The quantitative estimate of drug-likeness (QED) is 0.785. The molecule has 4 nitrogen and oxygen atoms in total. The highest BCUT2D eigenvalue weighted by Crippen LogP contribution is 2.20. The number of rotatable bonds is 5. The van der Waals surface area contributed by atoms with Gasteiger partial charge in [-0.1, -0.05) is 47.5 Å². The molecule has 0 aliphatic heterocycles. The van der Waals surface area contributed by atoms with Crippen molar-refractivity contribution in [2.24, 2.45) is 0 Å². The van der Waals surface area contributed by atoms with Crippen LogP contribution in [0.4, 0.5) is 0 Å². The third-order valence-corrected chi connectivity index (χ3v) is 4.45. The van der Waals surface area contributed by atoms with Gasteiger partial charge < -0.3 is 9.32 Å². The average Bonchev–Trinajstić information content (AvgIpc) is 3.07. The number of hydrogen-bond donors (Lipinski definition) is 1. The minimum atomic E-state index is 0.137. The fourth-order valence-electron chi connectivity index (χ4n) is 2.61. The number of quaternary nitrogens is 1. The Morgan fingerprint density at radius 1 is 0.917 bits per heavy atom. The molecule has 2 aromatic carbocycles. The van der Waals surface area contributed by atoms with Crippen LogP contribution in [0, 0.1) is 13.8 Å². The maximum atomic E-state index is 5.91. The zero-order valence-electron chi connectivity index (χ0n) is 14.7. The third-order valence-electron chi connectivity index (χ3n) is 4.45. The first-order chi connectivity index (χ1) is 11.5. The van der Waals surface area contributed by atoms with E-state index in [0.717, 1.165) is 12.1 Å². The summed E-state index contributed by atoms with van der Waals surface area (Å²) in [6.45, 7) is 7.21. The predicted octanol–water partition coefficient (Wildman–Crippen LogP) is 3.13. The largest absolute Gasteiger partial charge is 0.415 e. The molecular weight excluding hydrogens is 298 g/mol. The highest BCUT2D eigenvalue weighted by molar-refractivity contribution is 5.52. The van der Waals surface area contributed by atoms with E-state index in [9.17, 15) is 0 Å². The van der Waals surface area contributed by atoms with Crippen molar-refractivity contribution in [3.05, 3.63) is 71.1 Å². The normalized spacial score (nSPS) is 13.7. The van der Waals surface area contributed by atoms with Gasteiger partial charge in [0.25, 0.3) is 5.89 Å². The SMILES string of the molecule is Cc1ccc(C[NH+](C)[C@@H](C)c2nnc(-c3ccc(C)cc3)o2)cc1. The standard InChI is InChI=1S/C20H23N3O/c1-14-5-9-17(10-6-14)13-23(4)16(3)19-21-22-20(24-19)18-11-7-15(2)8-12-18/h5-12,16H,13H2,1-4H3/p+1/t16-/m0/s1. The molecule has 0 radical (unpaired) electrons. The lowest BCUT2D eigenvalue weighted by molar-refractivity contribution is -0.925. The van der Waals surface area contributed by atoms with Gasteiger partial charge >= 0.3 is 0 Å². The lowest BCUT2D eigenvalue weighted by atomic mass is 10.1. The van der Waals surface area contributed by atoms with E-state index >= 15 is 0 Å². The fourth-order valence-corrected chi connectivity index (χ4v) is 2.61. The van der Waals surface area contributed by atoms with E-state index in [4.69, 9.17) is 4.42 Å². The Bertz CT molecular complexity index is 791. The molecule has 4 heteroatoms. The Labute approximate surface area is 143 Å². The first-order valence-corrected chi connectivity index (χ1v) is 8.31. The van der Waals surface area contributed by atoms with Crippen LogP contribution in [-0.4, -0.2) is 17.2 Å². The Morgan fingerprint density at radius 2 is 1.50 bits per heavy atom. The molecule has 1 unspecified atom stereocenters. The lowest BCUT2D eigenvalue weighted by Crippen LogP contribution is -3.07. The van der Waals surface area contributed by atoms with Gasteiger partial charge in [-0.25, -0.2) is 0 Å². The summed E-state index contributed by atoms with van der Waals surface area (Å²) in [5, 5.41) is 8.46. The Hall–Kier alpha value is -2.46. The molecule has 0 bridgehead atoms. The number of nitrogens with one attached hydrogen (secondary N) is 1. The summed E-state index contributed by atoms with van der Waals surface area (Å²) in [7, 11) is 2.15. The first kappa shape index (κ1) is 16.4. The van der Waals surface area contributed by atoms with Crippen LogP contribution in [0.5, 0.6) is 0 Å². The molecule has 1 heterocycles. The zero-order chi connectivity index (χ0) is 17.1. The van der Waals surface area contributed by atoms with Crippen molar-refractivity contribution in [2.45, 2.75) is 33.4 Å². The molecule has 0 aliphatic carbocycles. The molecule has 0 spiro atoms. The molecule has 3 aromatic rings. The van der Waals surface area contributed by atoms with E-state index in [1.807, 2.05) is 12.1 Å². The highest BCUT2D eigenvalue weighted by Gasteiger charge is 2.22. The Kier molecular flexibility index (Phi) is 4.76. The van der Waals surface area contributed by atoms with Crippen LogP contribution in [0.15, 0.2) is 52.9 Å². The first-order valence-electron chi connectivity index (χ1n) is 8.31. The van der Waals surface area contributed by atoms with Crippen molar-refractivity contribution < 1.29 is 9.32 Å². The minimum absolute atomic E-state index is 0.137. The van der Waals surface area contributed by atoms with Crippen LogP contribution in [0.25, 0.3) is 11.5 Å². The van der Waals surface area contributed by atoms with E-state index < -0.39 is 0 Å². The van der Waals surface area contributed by atoms with Gasteiger partial charge in [-0.2, -0.15) is 0 Å². The Morgan fingerprint density at radius 3 is 2.12 bits per heavy atom. The molecule has 24 heavy (non-hydrogen) atoms. The molecule has 0 fully saturated rings. The van der Waals surface area contributed by atoms with Crippen molar-refractivity contribution in [3.8, 4) is 11.5 Å². The second kappa shape index (κ2) is 6.97. The summed E-state index contributed by atoms with van der Waals surface area (Å²) in [5.41, 5.74) is 4.77. The van der Waals surface area contributed by atoms with Gasteiger partial charge in [-0.3, -0.25) is 0 Å². The average molecular weight is 322 g/mol. The second-order valence-corrected chi connectivity index (χ2v) is 6.54. The van der Waals surface area contributed by atoms with Crippen LogP contribution in [0.2, 0.25) is 0 Å². The predicted molar refractivity (Wildman–Crippen MR) is 94.7 cm³/mol. The lowest BCUT2D eigenvalue weighted by Gasteiger charge is -2.18. The molecule has 2 atom stereocenters. The summed E-state index contributed by atoms with van der Waals surface area (Å²) >= 11 is 0. The molecule has 0 amide bonds. The topological polar surface area (TPSA) is 43.4 Å². The van der Waals surface area contributed by atoms with Crippen molar-refractivity contribution in [1.29, 1.82) is 0 Å². The van der Waals surface area contributed by atoms with Crippen LogP contribution in [0.3, 0.4) is 0 Å². The molecule has 0 saturated carbocycles. The van der Waals surface area contributed by atoms with E-state index in [-0.39, 0.29) is 6.04 Å². The maximum absolute atomic E-state index is 5.91. The summed E-state index contributed by atoms with van der Waals surface area (Å²) in [4.78, 5) is 1.32. The van der Waals surface area contributed by atoms with Crippen LogP contribution in [0.1, 0.15) is 35.5 Å². The van der Waals surface area contributed by atoms with Crippen LogP contribution >= 0.6 is 0 Å². The fraction of sp³-hybridized carbons (Fsp3) is 0.300. The Balaban J connectivity index is 1.71. The van der Waals surface area contributed by atoms with E-state index in [1.54, 1.807) is 0 Å². The third kappa shape index (κ3) is 3.71. The monoisotopic (exact) mass is 322 g/mol. The molecular formula is C20H24N3O+. The zero-order valence-corrected chi connectivity index (χ0v) is 14.7. The number of nitrogens with zero attached hydrogens (tertiary/aromatic N) is 2. The molecule has 1 N–H and O–H groups in total. The minimum Gasteiger partial charge on any atom is -0.415 e. The summed E-state index contributed by atoms with van der Waals surface area (Å²) in [6.07, 6.45) is 0. The van der Waals surface area contributed by atoms with E-state index in [0.29, 0.717) is 11.8 Å². The molecule has 1 aromatic heterocycles. The van der Waals surface area contributed by atoms with Gasteiger partial charge in [0.05, 0.1) is 7.05 Å². The molecule has 3 rings (SSSR count). The number of benzene rings is 2. The second-order valence-electron chi connectivity index (χ2n) is 6.54. The van der Waals surface area contributed by atoms with Crippen molar-refractivity contribution in [1.82, 2.24) is 10.2 Å². The van der Waals surface area contributed by atoms with Crippen molar-refractivity contribution >= 4 is 0 Å². The molecule has 0 saturated heterocycles. The molecule has 124 valence electrons. The van der Waals surface area contributed by atoms with Crippen LogP contribution < -0.4 is 4.90 Å². The summed E-state index contributed by atoms with van der Waals surface area (Å²) in [6, 6.07) is 16.9. The number of hydrogen-bond acceptors (Lipinski definition) is 3. The maximum Gasteiger partial charge on any atom is 0.274 e. The summed E-state index contributed by atoms with van der Waals surface area (Å²) < 4.78 is 5.91. The van der Waals surface area contributed by atoms with Gasteiger partial charge in [0.1, 0.15) is 6.54 Å². The highest BCUT2D eigenvalue weighted by atomic mass is 16.4.